The number of aliphatic imine (C=N–C) groups is 1. The van der Waals surface area contributed by atoms with Gasteiger partial charge < -0.3 is 30.9 Å². The summed E-state index contributed by atoms with van der Waals surface area (Å²) in [7, 11) is 1.45. The molecule has 6 N–H and O–H groups in total. The predicted octanol–water partition coefficient (Wildman–Crippen LogP) is 2.49. The van der Waals surface area contributed by atoms with E-state index >= 15 is 0 Å². The van der Waals surface area contributed by atoms with Crippen LogP contribution < -0.4 is 21.5 Å². The van der Waals surface area contributed by atoms with E-state index in [1.807, 2.05) is 0 Å². The van der Waals surface area contributed by atoms with Gasteiger partial charge >= 0.3 is 6.18 Å². The maximum Gasteiger partial charge on any atom is 0.417 e. The van der Waals surface area contributed by atoms with Gasteiger partial charge in [-0.05, 0) is 30.3 Å². The summed E-state index contributed by atoms with van der Waals surface area (Å²) in [6.07, 6.45) is -4.62. The number of alkyl halides is 3. The molecule has 1 amide bonds. The van der Waals surface area contributed by atoms with Gasteiger partial charge in [-0.3, -0.25) is 4.79 Å². The van der Waals surface area contributed by atoms with Crippen LogP contribution in [0.5, 0.6) is 5.75 Å². The number of amides is 1. The van der Waals surface area contributed by atoms with E-state index < -0.39 is 17.6 Å². The van der Waals surface area contributed by atoms with Crippen molar-refractivity contribution in [1.29, 1.82) is 0 Å². The molecule has 2 aromatic heterocycles. The first-order chi connectivity index (χ1) is 13.7. The molecule has 0 fully saturated rings. The minimum atomic E-state index is -4.62. The van der Waals surface area contributed by atoms with Crippen LogP contribution in [-0.4, -0.2) is 23.9 Å². The number of ether oxygens (including phenoxy) is 1. The fourth-order valence-electron chi connectivity index (χ4n) is 2.66. The van der Waals surface area contributed by atoms with Crippen LogP contribution in [0.1, 0.15) is 27.6 Å². The molecule has 29 heavy (non-hydrogen) atoms. The number of halogens is 3. The largest absolute Gasteiger partial charge is 0.483 e. The van der Waals surface area contributed by atoms with Gasteiger partial charge in [-0.2, -0.15) is 18.2 Å². The Hall–Kier alpha value is -3.47. The first-order valence-corrected chi connectivity index (χ1v) is 8.42. The Morgan fingerprint density at radius 2 is 2.00 bits per heavy atom. The average molecular weight is 409 g/mol. The molecule has 0 atom stereocenters. The van der Waals surface area contributed by atoms with E-state index in [9.17, 15) is 18.0 Å². The second-order valence-electron chi connectivity index (χ2n) is 5.99. The summed E-state index contributed by atoms with van der Waals surface area (Å²) in [6, 6.07) is 6.46. The number of hydrogen-bond donors (Lipinski definition) is 4. The normalized spacial score (nSPS) is 12.4. The lowest BCUT2D eigenvalue weighted by atomic mass is 10.1. The van der Waals surface area contributed by atoms with Gasteiger partial charge in [-0.1, -0.05) is 0 Å². The monoisotopic (exact) mass is 409 g/mol. The molecule has 0 bridgehead atoms. The SMILES string of the molecule is CNC(N)=NC(=O)c1cc2c(C(F)(F)F)ccc(OCc3ccc(CN)o3)c2[nH]1. The highest BCUT2D eigenvalue weighted by atomic mass is 19.4. The predicted molar refractivity (Wildman–Crippen MR) is 99.2 cm³/mol. The van der Waals surface area contributed by atoms with Crippen LogP contribution in [0, 0.1) is 0 Å². The number of carbonyl (C=O) groups excluding carboxylic acids is 1. The standard InChI is InChI=1S/C18H18F3N5O3/c1-24-17(23)26-16(27)13-6-11-12(18(19,20)21)4-5-14(15(11)25-13)28-8-10-3-2-9(7-22)29-10/h2-6,25H,7-8,22H2,1H3,(H3,23,24,26,27). The van der Waals surface area contributed by atoms with Crippen LogP contribution in [0.4, 0.5) is 13.2 Å². The molecule has 154 valence electrons. The van der Waals surface area contributed by atoms with Gasteiger partial charge in [0.1, 0.15) is 29.6 Å². The third-order valence-electron chi connectivity index (χ3n) is 4.06. The average Bonchev–Trinajstić information content (AvgIpc) is 3.32. The topological polar surface area (TPSA) is 132 Å². The molecule has 1 aromatic carbocycles. The van der Waals surface area contributed by atoms with E-state index in [4.69, 9.17) is 20.6 Å². The van der Waals surface area contributed by atoms with E-state index in [-0.39, 0.29) is 41.5 Å². The second-order valence-corrected chi connectivity index (χ2v) is 5.99. The summed E-state index contributed by atoms with van der Waals surface area (Å²) >= 11 is 0. The van der Waals surface area contributed by atoms with Crippen molar-refractivity contribution in [2.75, 3.05) is 7.05 Å². The van der Waals surface area contributed by atoms with Crippen molar-refractivity contribution in [3.63, 3.8) is 0 Å². The maximum absolute atomic E-state index is 13.4. The number of guanidine groups is 1. The van der Waals surface area contributed by atoms with Crippen molar-refractivity contribution in [2.45, 2.75) is 19.3 Å². The Labute approximate surface area is 162 Å². The molecule has 0 aliphatic rings. The Bertz CT molecular complexity index is 1070. The van der Waals surface area contributed by atoms with E-state index in [0.717, 1.165) is 12.1 Å². The molecule has 3 rings (SSSR count). The number of fused-ring (bicyclic) bond motifs is 1. The van der Waals surface area contributed by atoms with Gasteiger partial charge in [0.05, 0.1) is 17.6 Å². The van der Waals surface area contributed by atoms with Crippen molar-refractivity contribution in [1.82, 2.24) is 10.3 Å². The molecule has 0 spiro atoms. The molecule has 0 aliphatic carbocycles. The van der Waals surface area contributed by atoms with Crippen molar-refractivity contribution in [3.8, 4) is 5.75 Å². The first kappa shape index (κ1) is 20.3. The second kappa shape index (κ2) is 7.87. The van der Waals surface area contributed by atoms with Crippen LogP contribution in [0.2, 0.25) is 0 Å². The number of nitrogens with two attached hydrogens (primary N) is 2. The number of aromatic amines is 1. The molecule has 2 heterocycles. The van der Waals surface area contributed by atoms with Gasteiger partial charge in [-0.15, -0.1) is 0 Å². The fourth-order valence-corrected chi connectivity index (χ4v) is 2.66. The summed E-state index contributed by atoms with van der Waals surface area (Å²) in [4.78, 5) is 18.4. The molecule has 0 saturated heterocycles. The summed E-state index contributed by atoms with van der Waals surface area (Å²) < 4.78 is 51.2. The lowest BCUT2D eigenvalue weighted by Crippen LogP contribution is -2.28. The van der Waals surface area contributed by atoms with Crippen LogP contribution in [0.25, 0.3) is 10.9 Å². The van der Waals surface area contributed by atoms with Gasteiger partial charge in [0.25, 0.3) is 5.91 Å². The molecule has 3 aromatic rings. The zero-order valence-corrected chi connectivity index (χ0v) is 15.3. The van der Waals surface area contributed by atoms with Crippen molar-refractivity contribution >= 4 is 22.8 Å². The molecular weight excluding hydrogens is 391 g/mol. The van der Waals surface area contributed by atoms with E-state index in [0.29, 0.717) is 11.5 Å². The summed E-state index contributed by atoms with van der Waals surface area (Å²) in [5.74, 6) is 0.116. The van der Waals surface area contributed by atoms with Crippen molar-refractivity contribution in [3.05, 3.63) is 53.1 Å². The van der Waals surface area contributed by atoms with Crippen LogP contribution in [0.15, 0.2) is 39.7 Å². The van der Waals surface area contributed by atoms with Gasteiger partial charge in [0.2, 0.25) is 0 Å². The van der Waals surface area contributed by atoms with Crippen LogP contribution in [-0.2, 0) is 19.3 Å². The lowest BCUT2D eigenvalue weighted by molar-refractivity contribution is -0.136. The third-order valence-corrected chi connectivity index (χ3v) is 4.06. The zero-order chi connectivity index (χ0) is 21.2. The third kappa shape index (κ3) is 4.35. The molecule has 0 unspecified atom stereocenters. The van der Waals surface area contributed by atoms with Gasteiger partial charge in [0.15, 0.2) is 5.96 Å². The molecule has 0 radical (unpaired) electrons. The number of aromatic nitrogens is 1. The number of rotatable bonds is 5. The quantitative estimate of drug-likeness (QED) is 0.378. The Balaban J connectivity index is 2.00. The highest BCUT2D eigenvalue weighted by Gasteiger charge is 2.34. The minimum absolute atomic E-state index is 0.00649. The zero-order valence-electron chi connectivity index (χ0n) is 15.3. The van der Waals surface area contributed by atoms with Crippen molar-refractivity contribution in [2.24, 2.45) is 16.5 Å². The molecule has 0 aliphatic heterocycles. The summed E-state index contributed by atoms with van der Waals surface area (Å²) in [5.41, 5.74) is 9.85. The van der Waals surface area contributed by atoms with Crippen LogP contribution >= 0.6 is 0 Å². The van der Waals surface area contributed by atoms with Gasteiger partial charge in [0, 0.05) is 12.4 Å². The molecule has 0 saturated carbocycles. The lowest BCUT2D eigenvalue weighted by Gasteiger charge is -2.11. The molecule has 8 nitrogen and oxygen atoms in total. The summed E-state index contributed by atoms with van der Waals surface area (Å²) in [6.45, 7) is 0.177. The number of nitrogens with one attached hydrogen (secondary N) is 2. The molecule has 11 heteroatoms. The molecular formula is C18H18F3N5O3. The van der Waals surface area contributed by atoms with E-state index in [1.165, 1.54) is 13.1 Å². The smallest absolute Gasteiger partial charge is 0.417 e. The Morgan fingerprint density at radius 1 is 1.28 bits per heavy atom. The van der Waals surface area contributed by atoms with Crippen LogP contribution in [0.3, 0.4) is 0 Å². The van der Waals surface area contributed by atoms with Crippen molar-refractivity contribution < 1.29 is 27.1 Å². The number of hydrogen-bond acceptors (Lipinski definition) is 4. The highest BCUT2D eigenvalue weighted by Crippen LogP contribution is 2.39. The van der Waals surface area contributed by atoms with E-state index in [1.54, 1.807) is 12.1 Å². The number of carbonyl (C=O) groups is 1. The number of nitrogens with zero attached hydrogens (tertiary/aromatic N) is 1. The number of furan rings is 1. The Morgan fingerprint density at radius 3 is 2.62 bits per heavy atom. The number of benzene rings is 1. The number of H-pyrrole nitrogens is 1. The van der Waals surface area contributed by atoms with E-state index in [2.05, 4.69) is 15.3 Å². The maximum atomic E-state index is 13.4. The minimum Gasteiger partial charge on any atom is -0.483 e. The summed E-state index contributed by atoms with van der Waals surface area (Å²) in [5, 5.41) is 2.24. The fraction of sp³-hybridized carbons (Fsp3) is 0.222. The highest BCUT2D eigenvalue weighted by molar-refractivity contribution is 6.05. The first-order valence-electron chi connectivity index (χ1n) is 8.42. The van der Waals surface area contributed by atoms with Gasteiger partial charge in [-0.25, -0.2) is 0 Å². The Kier molecular flexibility index (Phi) is 5.50.